The summed E-state index contributed by atoms with van der Waals surface area (Å²) in [5, 5.41) is 15.2. The molecular weight excluding hydrogens is 408 g/mol. The molecule has 146 valence electrons. The van der Waals surface area contributed by atoms with Crippen LogP contribution < -0.4 is 5.56 Å². The molecule has 0 saturated carbocycles. The van der Waals surface area contributed by atoms with Crippen molar-refractivity contribution < 1.29 is 9.90 Å². The van der Waals surface area contributed by atoms with Crippen molar-refractivity contribution in [3.05, 3.63) is 82.6 Å². The number of hydrogen-bond donors (Lipinski definition) is 1. The van der Waals surface area contributed by atoms with Gasteiger partial charge < -0.3 is 5.11 Å². The van der Waals surface area contributed by atoms with Gasteiger partial charge in [0.2, 0.25) is 0 Å². The van der Waals surface area contributed by atoms with Crippen LogP contribution in [0.4, 0.5) is 0 Å². The zero-order valence-electron chi connectivity index (χ0n) is 15.9. The lowest BCUT2D eigenvalue weighted by atomic mass is 9.97. The molecule has 0 saturated heterocycles. The van der Waals surface area contributed by atoms with Crippen LogP contribution in [0.5, 0.6) is 0 Å². The monoisotopic (exact) mass is 420 g/mol. The molecule has 1 N–H and O–H groups in total. The summed E-state index contributed by atoms with van der Waals surface area (Å²) >= 11 is 1.72. The van der Waals surface area contributed by atoms with Gasteiger partial charge in [0.05, 0.1) is 16.6 Å². The highest BCUT2D eigenvalue weighted by Gasteiger charge is 2.19. The molecule has 0 unspecified atom stereocenters. The molecule has 0 fully saturated rings. The maximum Gasteiger partial charge on any atom is 0.335 e. The van der Waals surface area contributed by atoms with Gasteiger partial charge in [0, 0.05) is 30.9 Å². The quantitative estimate of drug-likeness (QED) is 0.275. The highest BCUT2D eigenvalue weighted by molar-refractivity contribution is 7.25. The molecule has 3 aromatic heterocycles. The van der Waals surface area contributed by atoms with Crippen molar-refractivity contribution in [2.24, 2.45) is 0 Å². The average molecular weight is 420 g/mol. The molecule has 6 heteroatoms. The van der Waals surface area contributed by atoms with Crippen LogP contribution in [0.1, 0.15) is 10.4 Å². The van der Waals surface area contributed by atoms with Crippen LogP contribution in [0.3, 0.4) is 0 Å². The van der Waals surface area contributed by atoms with Crippen LogP contribution in [0, 0.1) is 0 Å². The molecule has 0 aliphatic heterocycles. The molecular formula is C25H12N2O3S. The number of aromatic nitrogens is 2. The molecule has 7 rings (SSSR count). The van der Waals surface area contributed by atoms with E-state index in [2.05, 4.69) is 18.2 Å². The van der Waals surface area contributed by atoms with Gasteiger partial charge in [-0.25, -0.2) is 9.78 Å². The van der Waals surface area contributed by atoms with Crippen molar-refractivity contribution in [3.8, 4) is 0 Å². The van der Waals surface area contributed by atoms with Crippen molar-refractivity contribution in [1.82, 2.24) is 9.38 Å². The zero-order chi connectivity index (χ0) is 20.9. The Labute approximate surface area is 177 Å². The molecule has 5 nitrogen and oxygen atoms in total. The molecule has 0 aliphatic rings. The molecule has 0 aliphatic carbocycles. The van der Waals surface area contributed by atoms with Crippen LogP contribution in [0.2, 0.25) is 0 Å². The predicted octanol–water partition coefficient (Wildman–Crippen LogP) is 5.66. The number of aromatic carboxylic acids is 1. The average Bonchev–Trinajstić information content (AvgIpc) is 3.18. The lowest BCUT2D eigenvalue weighted by Crippen LogP contribution is -2.13. The van der Waals surface area contributed by atoms with Crippen LogP contribution >= 0.6 is 11.3 Å². The summed E-state index contributed by atoms with van der Waals surface area (Å²) in [5.41, 5.74) is 1.62. The number of carbonyl (C=O) groups is 1. The summed E-state index contributed by atoms with van der Waals surface area (Å²) in [6.07, 6.45) is 0. The fraction of sp³-hybridized carbons (Fsp3) is 0. The normalized spacial score (nSPS) is 12.3. The van der Waals surface area contributed by atoms with Gasteiger partial charge in [-0.2, -0.15) is 0 Å². The Hall–Kier alpha value is -4.03. The maximum atomic E-state index is 13.6. The Bertz CT molecular complexity index is 1950. The number of imidazole rings is 1. The first-order valence-corrected chi connectivity index (χ1v) is 10.6. The van der Waals surface area contributed by atoms with Gasteiger partial charge in [-0.15, -0.1) is 11.3 Å². The smallest absolute Gasteiger partial charge is 0.335 e. The standard InChI is InChI=1S/C25H12N2O3S/c28-24-16-8-10-20-22-14(13-3-1-2-4-19(13)31-20)6-7-15(21(16)22)23-26-17-9-5-12(25(29)30)11-18(17)27(23)24/h1-11H,(H,29,30). The molecule has 0 radical (unpaired) electrons. The van der Waals surface area contributed by atoms with Crippen molar-refractivity contribution in [3.63, 3.8) is 0 Å². The Morgan fingerprint density at radius 1 is 0.839 bits per heavy atom. The SMILES string of the molecule is O=C(O)c1ccc2nc3c4ccc5c6ccccc6sc6ccc(c(=O)n3c2c1)c4c65. The van der Waals surface area contributed by atoms with E-state index in [4.69, 9.17) is 4.98 Å². The van der Waals surface area contributed by atoms with E-state index in [0.717, 1.165) is 26.2 Å². The lowest BCUT2D eigenvalue weighted by Gasteiger charge is -2.13. The highest BCUT2D eigenvalue weighted by Crippen LogP contribution is 2.41. The second-order valence-electron chi connectivity index (χ2n) is 7.70. The fourth-order valence-corrected chi connectivity index (χ4v) is 5.87. The third-order valence-electron chi connectivity index (χ3n) is 6.10. The van der Waals surface area contributed by atoms with E-state index in [1.807, 2.05) is 30.3 Å². The lowest BCUT2D eigenvalue weighted by molar-refractivity contribution is 0.0697. The van der Waals surface area contributed by atoms with E-state index in [1.54, 1.807) is 21.8 Å². The Morgan fingerprint density at radius 2 is 1.65 bits per heavy atom. The van der Waals surface area contributed by atoms with Crippen LogP contribution in [-0.4, -0.2) is 20.5 Å². The van der Waals surface area contributed by atoms with E-state index in [0.29, 0.717) is 22.1 Å². The van der Waals surface area contributed by atoms with Crippen molar-refractivity contribution >= 4 is 75.7 Å². The molecule has 31 heavy (non-hydrogen) atoms. The second kappa shape index (κ2) is 5.56. The molecule has 4 aromatic carbocycles. The maximum absolute atomic E-state index is 13.6. The summed E-state index contributed by atoms with van der Waals surface area (Å²) in [7, 11) is 0. The van der Waals surface area contributed by atoms with E-state index in [9.17, 15) is 14.7 Å². The number of benzene rings is 4. The predicted molar refractivity (Wildman–Crippen MR) is 125 cm³/mol. The topological polar surface area (TPSA) is 71.7 Å². The number of pyridine rings is 1. The fourth-order valence-electron chi connectivity index (χ4n) is 4.75. The number of nitrogens with zero attached hydrogens (tertiary/aromatic N) is 2. The Morgan fingerprint density at radius 3 is 2.52 bits per heavy atom. The van der Waals surface area contributed by atoms with Crippen molar-refractivity contribution in [1.29, 1.82) is 0 Å². The first-order chi connectivity index (χ1) is 15.1. The molecule has 0 atom stereocenters. The zero-order valence-corrected chi connectivity index (χ0v) is 16.7. The first kappa shape index (κ1) is 16.7. The van der Waals surface area contributed by atoms with Gasteiger partial charge in [-0.3, -0.25) is 9.20 Å². The van der Waals surface area contributed by atoms with Gasteiger partial charge >= 0.3 is 5.97 Å². The molecule has 0 amide bonds. The van der Waals surface area contributed by atoms with Crippen molar-refractivity contribution in [2.75, 3.05) is 0 Å². The number of hydrogen-bond acceptors (Lipinski definition) is 4. The van der Waals surface area contributed by atoms with Crippen LogP contribution in [-0.2, 0) is 0 Å². The number of carboxylic acid groups (broad SMARTS) is 1. The molecule has 0 spiro atoms. The third kappa shape index (κ3) is 2.02. The molecule has 7 aromatic rings. The van der Waals surface area contributed by atoms with E-state index in [-0.39, 0.29) is 11.1 Å². The van der Waals surface area contributed by atoms with Gasteiger partial charge in [0.1, 0.15) is 5.65 Å². The number of rotatable bonds is 1. The molecule has 3 heterocycles. The van der Waals surface area contributed by atoms with E-state index in [1.165, 1.54) is 22.2 Å². The summed E-state index contributed by atoms with van der Waals surface area (Å²) in [6.45, 7) is 0. The summed E-state index contributed by atoms with van der Waals surface area (Å²) < 4.78 is 3.87. The minimum Gasteiger partial charge on any atom is -0.478 e. The van der Waals surface area contributed by atoms with Gasteiger partial charge in [-0.1, -0.05) is 24.3 Å². The molecule has 0 bridgehead atoms. The second-order valence-corrected chi connectivity index (χ2v) is 8.79. The minimum absolute atomic E-state index is 0.132. The Balaban J connectivity index is 1.78. The van der Waals surface area contributed by atoms with Crippen molar-refractivity contribution in [2.45, 2.75) is 0 Å². The third-order valence-corrected chi connectivity index (χ3v) is 7.23. The Kier molecular flexibility index (Phi) is 3.00. The van der Waals surface area contributed by atoms with Crippen LogP contribution in [0.15, 0.2) is 71.5 Å². The number of carboxylic acids is 1. The minimum atomic E-state index is -1.03. The first-order valence-electron chi connectivity index (χ1n) is 9.79. The summed E-state index contributed by atoms with van der Waals surface area (Å²) in [4.78, 5) is 29.8. The van der Waals surface area contributed by atoms with E-state index < -0.39 is 5.97 Å². The van der Waals surface area contributed by atoms with Crippen LogP contribution in [0.25, 0.3) is 58.4 Å². The van der Waals surface area contributed by atoms with E-state index >= 15 is 0 Å². The summed E-state index contributed by atoms with van der Waals surface area (Å²) in [5.74, 6) is -1.03. The van der Waals surface area contributed by atoms with Gasteiger partial charge in [0.25, 0.3) is 5.56 Å². The van der Waals surface area contributed by atoms with Gasteiger partial charge in [-0.05, 0) is 53.2 Å². The van der Waals surface area contributed by atoms with Gasteiger partial charge in [0.15, 0.2) is 0 Å². The largest absolute Gasteiger partial charge is 0.478 e. The number of fused-ring (bicyclic) bond motifs is 6. The summed E-state index contributed by atoms with van der Waals surface area (Å²) in [6, 6.07) is 21.0. The highest BCUT2D eigenvalue weighted by atomic mass is 32.1.